The molecule has 6 nitrogen and oxygen atoms in total. The summed E-state index contributed by atoms with van der Waals surface area (Å²) in [4.78, 5) is 21.3. The summed E-state index contributed by atoms with van der Waals surface area (Å²) in [5.41, 5.74) is 1.43. The van der Waals surface area contributed by atoms with Gasteiger partial charge in [-0.25, -0.2) is 4.79 Å². The quantitative estimate of drug-likeness (QED) is 0.789. The number of amides is 1. The zero-order chi connectivity index (χ0) is 13.0. The summed E-state index contributed by atoms with van der Waals surface area (Å²) in [6.45, 7) is 0.559. The van der Waals surface area contributed by atoms with Crippen molar-refractivity contribution in [3.05, 3.63) is 48.3 Å². The van der Waals surface area contributed by atoms with Gasteiger partial charge in [0, 0.05) is 6.20 Å². The van der Waals surface area contributed by atoms with Gasteiger partial charge in [0.15, 0.2) is 0 Å². The molecule has 2 aromatic rings. The Morgan fingerprint density at radius 3 is 2.67 bits per heavy atom. The number of carbonyl (C=O) groups is 2. The van der Waals surface area contributed by atoms with Crippen LogP contribution in [-0.2, 0) is 16.1 Å². The number of rotatable bonds is 3. The van der Waals surface area contributed by atoms with Crippen LogP contribution < -0.4 is 5.32 Å². The Balaban J connectivity index is 2.02. The molecule has 0 radical (unpaired) electrons. The van der Waals surface area contributed by atoms with Crippen LogP contribution in [0.3, 0.4) is 0 Å². The van der Waals surface area contributed by atoms with Gasteiger partial charge in [0.1, 0.15) is 0 Å². The van der Waals surface area contributed by atoms with E-state index in [1.54, 1.807) is 10.9 Å². The van der Waals surface area contributed by atoms with E-state index in [1.807, 2.05) is 30.3 Å². The van der Waals surface area contributed by atoms with Gasteiger partial charge >= 0.3 is 11.9 Å². The van der Waals surface area contributed by atoms with Crippen LogP contribution in [0.15, 0.2) is 42.7 Å². The third-order valence-corrected chi connectivity index (χ3v) is 2.27. The van der Waals surface area contributed by atoms with Crippen LogP contribution in [0, 0.1) is 0 Å². The predicted octanol–water partition coefficient (Wildman–Crippen LogP) is 0.954. The molecule has 0 atom stereocenters. The second kappa shape index (κ2) is 5.13. The summed E-state index contributed by atoms with van der Waals surface area (Å²) < 4.78 is 1.62. The summed E-state index contributed by atoms with van der Waals surface area (Å²) in [6.07, 6.45) is 2.98. The fraction of sp³-hybridized carbons (Fsp3) is 0.0833. The smallest absolute Gasteiger partial charge is 0.394 e. The van der Waals surface area contributed by atoms with Gasteiger partial charge in [-0.15, -0.1) is 0 Å². The van der Waals surface area contributed by atoms with Crippen molar-refractivity contribution in [1.29, 1.82) is 0 Å². The number of hydrogen-bond acceptors (Lipinski definition) is 3. The average Bonchev–Trinajstić information content (AvgIpc) is 2.77. The van der Waals surface area contributed by atoms with Gasteiger partial charge in [0.25, 0.3) is 0 Å². The third-order valence-electron chi connectivity index (χ3n) is 2.27. The lowest BCUT2D eigenvalue weighted by atomic mass is 10.2. The highest BCUT2D eigenvalue weighted by atomic mass is 16.4. The highest BCUT2D eigenvalue weighted by Gasteiger charge is 2.11. The molecule has 18 heavy (non-hydrogen) atoms. The maximum Gasteiger partial charge on any atom is 0.394 e. The Labute approximate surface area is 103 Å². The van der Waals surface area contributed by atoms with Crippen LogP contribution in [0.1, 0.15) is 5.56 Å². The van der Waals surface area contributed by atoms with E-state index >= 15 is 0 Å². The number of nitrogens with zero attached hydrogens (tertiary/aromatic N) is 2. The fourth-order valence-corrected chi connectivity index (χ4v) is 1.47. The lowest BCUT2D eigenvalue weighted by Crippen LogP contribution is -2.21. The molecule has 0 aliphatic carbocycles. The number of carbonyl (C=O) groups excluding carboxylic acids is 1. The molecule has 0 fully saturated rings. The van der Waals surface area contributed by atoms with Crippen molar-refractivity contribution < 1.29 is 14.7 Å². The normalized spacial score (nSPS) is 10.0. The van der Waals surface area contributed by atoms with Crippen LogP contribution in [0.2, 0.25) is 0 Å². The predicted molar refractivity (Wildman–Crippen MR) is 64.0 cm³/mol. The number of aliphatic carboxylic acids is 1. The molecule has 0 saturated heterocycles. The van der Waals surface area contributed by atoms with Gasteiger partial charge in [0.2, 0.25) is 0 Å². The molecular formula is C12H11N3O3. The molecule has 1 heterocycles. The Hall–Kier alpha value is -2.63. The summed E-state index contributed by atoms with van der Waals surface area (Å²) in [5, 5.41) is 14.7. The Morgan fingerprint density at radius 1 is 1.28 bits per heavy atom. The fourth-order valence-electron chi connectivity index (χ4n) is 1.47. The first-order valence-electron chi connectivity index (χ1n) is 5.26. The van der Waals surface area contributed by atoms with Gasteiger partial charge in [-0.3, -0.25) is 9.48 Å². The van der Waals surface area contributed by atoms with Crippen molar-refractivity contribution in [3.8, 4) is 0 Å². The summed E-state index contributed by atoms with van der Waals surface area (Å²) in [5.74, 6) is -2.60. The van der Waals surface area contributed by atoms with Gasteiger partial charge in [-0.05, 0) is 5.56 Å². The van der Waals surface area contributed by atoms with E-state index in [4.69, 9.17) is 5.11 Å². The van der Waals surface area contributed by atoms with Crippen molar-refractivity contribution in [1.82, 2.24) is 9.78 Å². The highest BCUT2D eigenvalue weighted by Crippen LogP contribution is 2.07. The number of anilines is 1. The zero-order valence-electron chi connectivity index (χ0n) is 9.41. The molecule has 0 unspecified atom stereocenters. The van der Waals surface area contributed by atoms with Crippen molar-refractivity contribution in [3.63, 3.8) is 0 Å². The molecule has 6 heteroatoms. The van der Waals surface area contributed by atoms with Crippen molar-refractivity contribution in [2.75, 3.05) is 5.32 Å². The minimum Gasteiger partial charge on any atom is -0.474 e. The van der Waals surface area contributed by atoms with E-state index in [0.29, 0.717) is 12.2 Å². The average molecular weight is 245 g/mol. The largest absolute Gasteiger partial charge is 0.474 e. The van der Waals surface area contributed by atoms with E-state index in [9.17, 15) is 9.59 Å². The first kappa shape index (κ1) is 11.8. The minimum absolute atomic E-state index is 0.360. The van der Waals surface area contributed by atoms with Crippen LogP contribution in [0.4, 0.5) is 5.69 Å². The third kappa shape index (κ3) is 2.94. The first-order chi connectivity index (χ1) is 8.65. The number of carboxylic acid groups (broad SMARTS) is 1. The van der Waals surface area contributed by atoms with E-state index in [-0.39, 0.29) is 0 Å². The lowest BCUT2D eigenvalue weighted by molar-refractivity contribution is -0.147. The van der Waals surface area contributed by atoms with E-state index in [1.165, 1.54) is 6.20 Å². The Morgan fingerprint density at radius 2 is 2.00 bits per heavy atom. The standard InChI is InChI=1S/C12H11N3O3/c16-11(12(17)18)14-10-6-13-15(8-10)7-9-4-2-1-3-5-9/h1-6,8H,7H2,(H,14,16)(H,17,18). The van der Waals surface area contributed by atoms with Crippen molar-refractivity contribution in [2.45, 2.75) is 6.54 Å². The Kier molecular flexibility index (Phi) is 3.38. The molecule has 0 bridgehead atoms. The van der Waals surface area contributed by atoms with Crippen molar-refractivity contribution >= 4 is 17.6 Å². The molecule has 2 rings (SSSR count). The Bertz CT molecular complexity index is 563. The number of nitrogens with one attached hydrogen (secondary N) is 1. The molecule has 0 spiro atoms. The second-order valence-electron chi connectivity index (χ2n) is 3.67. The first-order valence-corrected chi connectivity index (χ1v) is 5.26. The van der Waals surface area contributed by atoms with E-state index < -0.39 is 11.9 Å². The molecule has 92 valence electrons. The maximum absolute atomic E-state index is 10.9. The van der Waals surface area contributed by atoms with E-state index in [0.717, 1.165) is 5.56 Å². The lowest BCUT2D eigenvalue weighted by Gasteiger charge is -2.00. The topological polar surface area (TPSA) is 84.2 Å². The summed E-state index contributed by atoms with van der Waals surface area (Å²) >= 11 is 0. The van der Waals surface area contributed by atoms with Crippen LogP contribution in [-0.4, -0.2) is 26.8 Å². The molecule has 2 N–H and O–H groups in total. The molecular weight excluding hydrogens is 234 g/mol. The molecule has 0 saturated carbocycles. The van der Waals surface area contributed by atoms with E-state index in [2.05, 4.69) is 10.4 Å². The van der Waals surface area contributed by atoms with Crippen molar-refractivity contribution in [2.24, 2.45) is 0 Å². The van der Waals surface area contributed by atoms with Crippen LogP contribution >= 0.6 is 0 Å². The second-order valence-corrected chi connectivity index (χ2v) is 3.67. The zero-order valence-corrected chi connectivity index (χ0v) is 9.41. The van der Waals surface area contributed by atoms with Crippen LogP contribution in [0.5, 0.6) is 0 Å². The molecule has 1 aromatic carbocycles. The van der Waals surface area contributed by atoms with Gasteiger partial charge in [0.05, 0.1) is 18.4 Å². The monoisotopic (exact) mass is 245 g/mol. The maximum atomic E-state index is 10.9. The molecule has 0 aliphatic heterocycles. The minimum atomic E-state index is -1.52. The summed E-state index contributed by atoms with van der Waals surface area (Å²) in [6, 6.07) is 9.68. The SMILES string of the molecule is O=C(O)C(=O)Nc1cnn(Cc2ccccc2)c1. The summed E-state index contributed by atoms with van der Waals surface area (Å²) in [7, 11) is 0. The molecule has 0 aliphatic rings. The number of carboxylic acids is 1. The van der Waals surface area contributed by atoms with Gasteiger partial charge in [-0.2, -0.15) is 5.10 Å². The highest BCUT2D eigenvalue weighted by molar-refractivity contribution is 6.36. The number of aromatic nitrogens is 2. The van der Waals surface area contributed by atoms with Crippen LogP contribution in [0.25, 0.3) is 0 Å². The number of hydrogen-bond donors (Lipinski definition) is 2. The van der Waals surface area contributed by atoms with Gasteiger partial charge < -0.3 is 10.4 Å². The number of benzene rings is 1. The van der Waals surface area contributed by atoms with Gasteiger partial charge in [-0.1, -0.05) is 30.3 Å². The molecule has 1 amide bonds. The molecule has 1 aromatic heterocycles.